The topological polar surface area (TPSA) is 98.6 Å². The number of nitriles is 1. The van der Waals surface area contributed by atoms with Gasteiger partial charge in [0.15, 0.2) is 0 Å². The van der Waals surface area contributed by atoms with Crippen LogP contribution in [-0.4, -0.2) is 18.6 Å². The molecule has 0 aliphatic carbocycles. The standard InChI is InChI=1S/C12H12N4O2S/c1-8-12(9(2)15-14-8)19(17,18)16-11-5-3-4-10(6-11)7-13/h3-6,16H,1-2H3,(H,14,15). The summed E-state index contributed by atoms with van der Waals surface area (Å²) in [7, 11) is -3.71. The minimum absolute atomic E-state index is 0.134. The molecular weight excluding hydrogens is 264 g/mol. The average molecular weight is 276 g/mol. The first-order valence-electron chi connectivity index (χ1n) is 5.48. The molecule has 0 aliphatic rings. The van der Waals surface area contributed by atoms with Crippen LogP contribution >= 0.6 is 0 Å². The second-order valence-corrected chi connectivity index (χ2v) is 5.68. The summed E-state index contributed by atoms with van der Waals surface area (Å²) in [5.41, 5.74) is 1.61. The maximum atomic E-state index is 12.2. The molecule has 19 heavy (non-hydrogen) atoms. The number of rotatable bonds is 3. The first-order valence-corrected chi connectivity index (χ1v) is 6.97. The number of aromatic nitrogens is 2. The van der Waals surface area contributed by atoms with Gasteiger partial charge in [0.2, 0.25) is 0 Å². The molecule has 0 saturated heterocycles. The summed E-state index contributed by atoms with van der Waals surface area (Å²) in [5, 5.41) is 15.3. The fraction of sp³-hybridized carbons (Fsp3) is 0.167. The minimum Gasteiger partial charge on any atom is -0.281 e. The lowest BCUT2D eigenvalue weighted by molar-refractivity contribution is 0.600. The van der Waals surface area contributed by atoms with Gasteiger partial charge in [0.05, 0.1) is 28.7 Å². The molecule has 2 aromatic rings. The molecule has 1 aromatic heterocycles. The largest absolute Gasteiger partial charge is 0.281 e. The maximum absolute atomic E-state index is 12.2. The molecular formula is C12H12N4O2S. The number of hydrogen-bond acceptors (Lipinski definition) is 4. The lowest BCUT2D eigenvalue weighted by Crippen LogP contribution is -2.14. The van der Waals surface area contributed by atoms with Crippen molar-refractivity contribution in [2.24, 2.45) is 0 Å². The van der Waals surface area contributed by atoms with Crippen LogP contribution < -0.4 is 4.72 Å². The molecule has 98 valence electrons. The van der Waals surface area contributed by atoms with Crippen LogP contribution in [0.5, 0.6) is 0 Å². The van der Waals surface area contributed by atoms with Gasteiger partial charge in [0.1, 0.15) is 4.90 Å². The van der Waals surface area contributed by atoms with Crippen LogP contribution in [0.1, 0.15) is 17.0 Å². The highest BCUT2D eigenvalue weighted by Gasteiger charge is 2.22. The molecule has 1 heterocycles. The Morgan fingerprint density at radius 2 is 2.11 bits per heavy atom. The van der Waals surface area contributed by atoms with E-state index in [1.165, 1.54) is 6.07 Å². The predicted molar refractivity (Wildman–Crippen MR) is 70.0 cm³/mol. The van der Waals surface area contributed by atoms with E-state index in [1.54, 1.807) is 32.0 Å². The van der Waals surface area contributed by atoms with Gasteiger partial charge in [-0.15, -0.1) is 0 Å². The third-order valence-electron chi connectivity index (χ3n) is 2.57. The van der Waals surface area contributed by atoms with E-state index in [0.717, 1.165) is 0 Å². The fourth-order valence-electron chi connectivity index (χ4n) is 1.80. The van der Waals surface area contributed by atoms with Crippen molar-refractivity contribution < 1.29 is 8.42 Å². The highest BCUT2D eigenvalue weighted by Crippen LogP contribution is 2.21. The van der Waals surface area contributed by atoms with Gasteiger partial charge in [-0.2, -0.15) is 10.4 Å². The number of anilines is 1. The molecule has 7 heteroatoms. The number of aryl methyl sites for hydroxylation is 2. The van der Waals surface area contributed by atoms with E-state index in [9.17, 15) is 8.42 Å². The number of aromatic amines is 1. The Labute approximate surface area is 111 Å². The zero-order chi connectivity index (χ0) is 14.0. The highest BCUT2D eigenvalue weighted by molar-refractivity contribution is 7.92. The summed E-state index contributed by atoms with van der Waals surface area (Å²) in [6.07, 6.45) is 0. The molecule has 0 radical (unpaired) electrons. The molecule has 0 unspecified atom stereocenters. The summed E-state index contributed by atoms with van der Waals surface area (Å²) in [6.45, 7) is 3.25. The number of nitrogens with zero attached hydrogens (tertiary/aromatic N) is 2. The lowest BCUT2D eigenvalue weighted by atomic mass is 10.2. The van der Waals surface area contributed by atoms with Gasteiger partial charge >= 0.3 is 0 Å². The van der Waals surface area contributed by atoms with Crippen molar-refractivity contribution in [3.05, 3.63) is 41.2 Å². The molecule has 1 aromatic carbocycles. The van der Waals surface area contributed by atoms with Crippen LogP contribution in [0.4, 0.5) is 5.69 Å². The van der Waals surface area contributed by atoms with E-state index in [0.29, 0.717) is 22.6 Å². The third-order valence-corrected chi connectivity index (χ3v) is 4.22. The van der Waals surface area contributed by atoms with Crippen LogP contribution in [0.25, 0.3) is 0 Å². The minimum atomic E-state index is -3.71. The van der Waals surface area contributed by atoms with Gasteiger partial charge in [-0.25, -0.2) is 8.42 Å². The van der Waals surface area contributed by atoms with Gasteiger partial charge in [0, 0.05) is 0 Å². The summed E-state index contributed by atoms with van der Waals surface area (Å²) >= 11 is 0. The number of benzene rings is 1. The van der Waals surface area contributed by atoms with Crippen LogP contribution in [0, 0.1) is 25.2 Å². The summed E-state index contributed by atoms with van der Waals surface area (Å²) in [5.74, 6) is 0. The number of H-pyrrole nitrogens is 1. The van der Waals surface area contributed by atoms with Gasteiger partial charge < -0.3 is 0 Å². The van der Waals surface area contributed by atoms with Gasteiger partial charge in [-0.05, 0) is 32.0 Å². The number of sulfonamides is 1. The van der Waals surface area contributed by atoms with Crippen molar-refractivity contribution in [2.45, 2.75) is 18.7 Å². The monoisotopic (exact) mass is 276 g/mol. The van der Waals surface area contributed by atoms with E-state index < -0.39 is 10.0 Å². The Hall–Kier alpha value is -2.33. The summed E-state index contributed by atoms with van der Waals surface area (Å²) in [4.78, 5) is 0.134. The normalized spacial score (nSPS) is 11.0. The maximum Gasteiger partial charge on any atom is 0.265 e. The van der Waals surface area contributed by atoms with Crippen LogP contribution in [0.2, 0.25) is 0 Å². The molecule has 0 fully saturated rings. The van der Waals surface area contributed by atoms with Crippen LogP contribution in [-0.2, 0) is 10.0 Å². The van der Waals surface area contributed by atoms with Crippen LogP contribution in [0.3, 0.4) is 0 Å². The number of hydrogen-bond donors (Lipinski definition) is 2. The summed E-state index contributed by atoms with van der Waals surface area (Å²) in [6, 6.07) is 8.24. The fourth-order valence-corrected chi connectivity index (χ4v) is 3.22. The zero-order valence-electron chi connectivity index (χ0n) is 10.4. The van der Waals surface area contributed by atoms with Crippen molar-refractivity contribution in [1.29, 1.82) is 5.26 Å². The van der Waals surface area contributed by atoms with Gasteiger partial charge in [0.25, 0.3) is 10.0 Å². The third kappa shape index (κ3) is 2.58. The van der Waals surface area contributed by atoms with Gasteiger partial charge in [-0.1, -0.05) is 6.07 Å². The zero-order valence-corrected chi connectivity index (χ0v) is 11.2. The Morgan fingerprint density at radius 1 is 1.37 bits per heavy atom. The Bertz CT molecular complexity index is 737. The van der Waals surface area contributed by atoms with Crippen molar-refractivity contribution in [2.75, 3.05) is 4.72 Å². The molecule has 0 saturated carbocycles. The molecule has 2 N–H and O–H groups in total. The highest BCUT2D eigenvalue weighted by atomic mass is 32.2. The second kappa shape index (κ2) is 4.74. The molecule has 0 amide bonds. The number of nitrogens with one attached hydrogen (secondary N) is 2. The van der Waals surface area contributed by atoms with E-state index in [-0.39, 0.29) is 4.90 Å². The lowest BCUT2D eigenvalue weighted by Gasteiger charge is -2.08. The second-order valence-electron chi connectivity index (χ2n) is 4.06. The van der Waals surface area contributed by atoms with E-state index in [1.807, 2.05) is 6.07 Å². The average Bonchev–Trinajstić information content (AvgIpc) is 2.69. The SMILES string of the molecule is Cc1n[nH]c(C)c1S(=O)(=O)Nc1cccc(C#N)c1. The Morgan fingerprint density at radius 3 is 2.68 bits per heavy atom. The van der Waals surface area contributed by atoms with Crippen LogP contribution in [0.15, 0.2) is 29.2 Å². The quantitative estimate of drug-likeness (QED) is 0.891. The molecule has 0 aliphatic heterocycles. The molecule has 0 spiro atoms. The summed E-state index contributed by atoms with van der Waals surface area (Å²) < 4.78 is 26.9. The molecule has 2 rings (SSSR count). The van der Waals surface area contributed by atoms with Crippen molar-refractivity contribution in [3.63, 3.8) is 0 Å². The van der Waals surface area contributed by atoms with E-state index in [4.69, 9.17) is 5.26 Å². The van der Waals surface area contributed by atoms with Crippen molar-refractivity contribution in [3.8, 4) is 6.07 Å². The Kier molecular flexibility index (Phi) is 3.27. The molecule has 6 nitrogen and oxygen atoms in total. The smallest absolute Gasteiger partial charge is 0.265 e. The first-order chi connectivity index (χ1) is 8.94. The van der Waals surface area contributed by atoms with E-state index >= 15 is 0 Å². The predicted octanol–water partition coefficient (Wildman–Crippen LogP) is 1.70. The van der Waals surface area contributed by atoms with E-state index in [2.05, 4.69) is 14.9 Å². The first kappa shape index (κ1) is 13.1. The molecule has 0 atom stereocenters. The molecule has 0 bridgehead atoms. The van der Waals surface area contributed by atoms with Crippen molar-refractivity contribution in [1.82, 2.24) is 10.2 Å². The Balaban J connectivity index is 2.40. The van der Waals surface area contributed by atoms with Crippen molar-refractivity contribution >= 4 is 15.7 Å². The van der Waals surface area contributed by atoms with Gasteiger partial charge in [-0.3, -0.25) is 9.82 Å².